The molecule has 2 aliphatic carbocycles. The average molecular weight is 962 g/mol. The van der Waals surface area contributed by atoms with E-state index in [9.17, 15) is 0 Å². The van der Waals surface area contributed by atoms with Crippen LogP contribution in [0.4, 0.5) is 39.8 Å². The van der Waals surface area contributed by atoms with Gasteiger partial charge in [0.25, 0.3) is 6.71 Å². The lowest BCUT2D eigenvalue weighted by Gasteiger charge is -2.54. The second-order valence-electron chi connectivity index (χ2n) is 27.3. The minimum atomic E-state index is -1.78. The normalized spacial score (nSPS) is 25.0. The van der Waals surface area contributed by atoms with Gasteiger partial charge in [0.1, 0.15) is 0 Å². The minimum Gasteiger partial charge on any atom is -0.335 e. The first kappa shape index (κ1) is 46.3. The van der Waals surface area contributed by atoms with Crippen molar-refractivity contribution in [3.63, 3.8) is 0 Å². The third kappa shape index (κ3) is 6.15. The number of hydrogen-bond acceptors (Lipinski definition) is 3. The molecule has 6 aliphatic rings. The van der Waals surface area contributed by atoms with Crippen molar-refractivity contribution in [3.05, 3.63) is 150 Å². The van der Waals surface area contributed by atoms with E-state index in [1.54, 1.807) is 10.8 Å². The molecule has 4 atom stereocenters. The molecule has 366 valence electrons. The molecule has 2 fully saturated rings. The van der Waals surface area contributed by atoms with Crippen LogP contribution in [0.1, 0.15) is 143 Å². The van der Waals surface area contributed by atoms with Gasteiger partial charge in [-0.05, 0) is 148 Å². The summed E-state index contributed by atoms with van der Waals surface area (Å²) >= 11 is 0. The summed E-state index contributed by atoms with van der Waals surface area (Å²) < 4.78 is 0. The zero-order valence-electron chi connectivity index (χ0n) is 45.7. The average Bonchev–Trinajstić information content (AvgIpc) is 3.69. The molecule has 4 heterocycles. The fourth-order valence-electron chi connectivity index (χ4n) is 15.5. The van der Waals surface area contributed by atoms with Crippen LogP contribution < -0.4 is 36.3 Å². The third-order valence-corrected chi connectivity index (χ3v) is 22.2. The second-order valence-corrected chi connectivity index (χ2v) is 32.3. The van der Waals surface area contributed by atoms with Gasteiger partial charge in [0.05, 0.1) is 24.8 Å². The maximum absolute atomic E-state index is 2.98. The van der Waals surface area contributed by atoms with Crippen LogP contribution in [0.15, 0.2) is 127 Å². The minimum absolute atomic E-state index is 0.0113. The largest absolute Gasteiger partial charge is 0.335 e. The second kappa shape index (κ2) is 15.1. The summed E-state index contributed by atoms with van der Waals surface area (Å²) in [5.41, 5.74) is 22.2. The van der Waals surface area contributed by atoms with Crippen LogP contribution in [0.25, 0.3) is 21.9 Å². The molecule has 0 amide bonds. The van der Waals surface area contributed by atoms with Crippen molar-refractivity contribution in [3.8, 4) is 11.1 Å². The van der Waals surface area contributed by atoms with Gasteiger partial charge < -0.3 is 14.7 Å². The van der Waals surface area contributed by atoms with E-state index in [4.69, 9.17) is 0 Å². The van der Waals surface area contributed by atoms with Crippen molar-refractivity contribution in [2.75, 3.05) is 14.7 Å². The van der Waals surface area contributed by atoms with Crippen molar-refractivity contribution in [1.82, 2.24) is 0 Å². The first-order chi connectivity index (χ1) is 34.1. The van der Waals surface area contributed by atoms with Crippen LogP contribution in [-0.2, 0) is 21.7 Å². The number of para-hydroxylation sites is 1. The molecule has 0 aromatic heterocycles. The third-order valence-electron chi connectivity index (χ3n) is 20.2. The smallest absolute Gasteiger partial charge is 0.252 e. The van der Waals surface area contributed by atoms with Gasteiger partial charge in [-0.2, -0.15) is 0 Å². The van der Waals surface area contributed by atoms with Crippen LogP contribution in [0.3, 0.4) is 0 Å². The highest BCUT2D eigenvalue weighted by atomic mass is 28.3. The highest BCUT2D eigenvalue weighted by Gasteiger charge is 2.63. The van der Waals surface area contributed by atoms with Gasteiger partial charge in [-0.1, -0.05) is 191 Å². The molecule has 0 spiro atoms. The van der Waals surface area contributed by atoms with Crippen LogP contribution in [-0.4, -0.2) is 25.9 Å². The topological polar surface area (TPSA) is 9.72 Å². The molecule has 0 radical (unpaired) electrons. The molecular weight excluding hydrogens is 886 g/mol. The molecule has 72 heavy (non-hydrogen) atoms. The van der Waals surface area contributed by atoms with Crippen LogP contribution in [0.2, 0.25) is 19.6 Å². The first-order valence-corrected chi connectivity index (χ1v) is 31.2. The molecule has 7 aromatic rings. The Hall–Kier alpha value is -5.52. The van der Waals surface area contributed by atoms with E-state index in [0.717, 1.165) is 0 Å². The number of anilines is 7. The molecule has 0 saturated heterocycles. The number of benzene rings is 7. The Bertz CT molecular complexity index is 3440. The summed E-state index contributed by atoms with van der Waals surface area (Å²) in [5, 5.41) is 4.14. The number of rotatable bonds is 4. The Labute approximate surface area is 433 Å². The van der Waals surface area contributed by atoms with Gasteiger partial charge in [-0.15, -0.1) is 0 Å². The molecule has 0 bridgehead atoms. The van der Waals surface area contributed by atoms with Gasteiger partial charge in [0, 0.05) is 50.5 Å². The maximum atomic E-state index is 2.98. The first-order valence-electron chi connectivity index (χ1n) is 27.7. The Morgan fingerprint density at radius 2 is 1.08 bits per heavy atom. The highest BCUT2D eigenvalue weighted by molar-refractivity contribution is 7.01. The lowest BCUT2D eigenvalue weighted by molar-refractivity contribution is 0.194. The molecule has 5 heteroatoms. The van der Waals surface area contributed by atoms with Crippen molar-refractivity contribution in [2.45, 2.75) is 173 Å². The van der Waals surface area contributed by atoms with Crippen molar-refractivity contribution in [2.24, 2.45) is 0 Å². The fourth-order valence-corrected chi connectivity index (χ4v) is 16.7. The molecule has 7 aromatic carbocycles. The Balaban J connectivity index is 1.19. The summed E-state index contributed by atoms with van der Waals surface area (Å²) in [7, 11) is -1.78. The number of hydrogen-bond donors (Lipinski definition) is 0. The van der Waals surface area contributed by atoms with Crippen LogP contribution >= 0.6 is 0 Å². The van der Waals surface area contributed by atoms with E-state index < -0.39 is 8.07 Å². The van der Waals surface area contributed by atoms with E-state index in [-0.39, 0.29) is 39.5 Å². The zero-order valence-corrected chi connectivity index (χ0v) is 46.7. The summed E-state index contributed by atoms with van der Waals surface area (Å²) in [5.74, 6) is 0. The molecule has 3 nitrogen and oxygen atoms in total. The summed E-state index contributed by atoms with van der Waals surface area (Å²) in [6, 6.07) is 51.5. The van der Waals surface area contributed by atoms with Gasteiger partial charge >= 0.3 is 0 Å². The molecule has 13 rings (SSSR count). The fraction of sp³-hybridized carbons (Fsp3) is 0.403. The monoisotopic (exact) mass is 962 g/mol. The standard InChI is InChI=1S/C67H76BN3Si/c1-62(2,3)46-28-30-55(50(37-46)45-27-26-43-22-14-15-23-44(43)36-45)69-57-31-29-47(63(4,5)6)38-53(57)68-54-42-49(72(11,12)13)41-52-61(54)71(67(10)35-21-19-33-65(52,67)8)59-40-48(39-58(69)60(59)68)70-56-25-17-16-24-51(56)64(7)32-18-20-34-66(64,70)9/h14-17,22-31,36-42H,18-21,32-35H2,1-13H3. The Kier molecular flexibility index (Phi) is 9.68. The number of fused-ring (bicyclic) bond motifs is 11. The zero-order chi connectivity index (χ0) is 50.3. The van der Waals surface area contributed by atoms with Crippen molar-refractivity contribution < 1.29 is 0 Å². The van der Waals surface area contributed by atoms with Crippen LogP contribution in [0.5, 0.6) is 0 Å². The molecule has 2 saturated carbocycles. The Morgan fingerprint density at radius 3 is 1.78 bits per heavy atom. The predicted molar refractivity (Wildman–Crippen MR) is 315 cm³/mol. The SMILES string of the molecule is CC(C)(C)c1ccc2c(c1)B1c3cc([Si](C)(C)C)cc4c3N(c3cc(N5c6ccccc6C6(C)CCCCC56C)cc(c31)N2c1ccc(C(C)(C)C)cc1-c1ccc2ccccc2c1)C1(C)CCCCC41C. The summed E-state index contributed by atoms with van der Waals surface area (Å²) in [4.78, 5) is 8.60. The molecule has 0 N–H and O–H groups in total. The van der Waals surface area contributed by atoms with E-state index in [1.807, 2.05) is 0 Å². The van der Waals surface area contributed by atoms with Crippen molar-refractivity contribution in [1.29, 1.82) is 0 Å². The maximum Gasteiger partial charge on any atom is 0.252 e. The lowest BCUT2D eigenvalue weighted by Crippen LogP contribution is -2.65. The van der Waals surface area contributed by atoms with Gasteiger partial charge in [0.2, 0.25) is 0 Å². The van der Waals surface area contributed by atoms with Crippen LogP contribution in [0, 0.1) is 0 Å². The van der Waals surface area contributed by atoms with E-state index in [2.05, 4.69) is 231 Å². The molecule has 4 unspecified atom stereocenters. The van der Waals surface area contributed by atoms with Gasteiger partial charge in [-0.25, -0.2) is 0 Å². The quantitative estimate of drug-likeness (QED) is 0.163. The van der Waals surface area contributed by atoms with E-state index >= 15 is 0 Å². The summed E-state index contributed by atoms with van der Waals surface area (Å²) in [6.07, 6.45) is 9.84. The highest BCUT2D eigenvalue weighted by Crippen LogP contribution is 2.65. The van der Waals surface area contributed by atoms with E-state index in [1.165, 1.54) is 146 Å². The van der Waals surface area contributed by atoms with Gasteiger partial charge in [-0.3, -0.25) is 0 Å². The predicted octanol–water partition coefficient (Wildman–Crippen LogP) is 15.7. The van der Waals surface area contributed by atoms with E-state index in [0.29, 0.717) is 0 Å². The van der Waals surface area contributed by atoms with Gasteiger partial charge in [0.15, 0.2) is 0 Å². The lowest BCUT2D eigenvalue weighted by atomic mass is 9.33. The number of nitrogens with zero attached hydrogens (tertiary/aromatic N) is 3. The molecule has 4 aliphatic heterocycles. The van der Waals surface area contributed by atoms with Crippen molar-refractivity contribution >= 4 is 86.9 Å². The Morgan fingerprint density at radius 1 is 0.486 bits per heavy atom. The molecular formula is C67H76BN3Si. The summed E-state index contributed by atoms with van der Waals surface area (Å²) in [6.45, 7) is 32.6.